The lowest BCUT2D eigenvalue weighted by atomic mass is 10.3. The second-order valence-corrected chi connectivity index (χ2v) is 5.79. The molecule has 0 radical (unpaired) electrons. The van der Waals surface area contributed by atoms with Crippen LogP contribution in [-0.4, -0.2) is 73.3 Å². The summed E-state index contributed by atoms with van der Waals surface area (Å²) < 4.78 is 0.951. The lowest BCUT2D eigenvalue weighted by molar-refractivity contribution is -0.878. The fraction of sp³-hybridized carbons (Fsp3) is 0.529. The van der Waals surface area contributed by atoms with Crippen molar-refractivity contribution >= 4 is 24.0 Å². The summed E-state index contributed by atoms with van der Waals surface area (Å²) in [6.45, 7) is 18.7. The maximum Gasteiger partial charge on any atom is 0.0969 e. The first kappa shape index (κ1) is 30.6. The van der Waals surface area contributed by atoms with Gasteiger partial charge in [0.05, 0.1) is 33.3 Å². The third-order valence-electron chi connectivity index (χ3n) is 2.67. The van der Waals surface area contributed by atoms with Crippen LogP contribution in [0, 0.1) is 0 Å². The van der Waals surface area contributed by atoms with E-state index in [4.69, 9.17) is 11.6 Å². The molecule has 0 aliphatic carbocycles. The standard InChI is InChI=1S/C9H16ClNO.C8H16N.2ClH/c1-3-5-11(6-4-2)8-9(12)7-10;1-5-7-9(3,4)8-6-2;;/h3-4,9,12H,1-2,5-8H2;5-6H,1-2,7-8H2,3-4H3;2*1H/q;+1;;/p-1. The maximum atomic E-state index is 9.24. The zero-order valence-electron chi connectivity index (χ0n) is 14.5. The molecule has 0 aromatic rings. The Bertz CT molecular complexity index is 288. The monoisotopic (exact) mass is 386 g/mol. The molecule has 0 aromatic heterocycles. The first-order valence-electron chi connectivity index (χ1n) is 7.08. The largest absolute Gasteiger partial charge is 1.00 e. The molecule has 23 heavy (non-hydrogen) atoms. The van der Waals surface area contributed by atoms with Crippen LogP contribution in [0.1, 0.15) is 0 Å². The number of alkyl halides is 1. The van der Waals surface area contributed by atoms with Gasteiger partial charge in [0.1, 0.15) is 0 Å². The van der Waals surface area contributed by atoms with Crippen molar-refractivity contribution in [3.63, 3.8) is 0 Å². The second kappa shape index (κ2) is 19.8. The van der Waals surface area contributed by atoms with Gasteiger partial charge in [-0.15, -0.1) is 37.2 Å². The Morgan fingerprint density at radius 1 is 1.00 bits per heavy atom. The van der Waals surface area contributed by atoms with E-state index in [2.05, 4.69) is 40.4 Å². The fourth-order valence-corrected chi connectivity index (χ4v) is 1.81. The van der Waals surface area contributed by atoms with Crippen molar-refractivity contribution in [1.29, 1.82) is 0 Å². The van der Waals surface area contributed by atoms with Crippen molar-refractivity contribution in [3.8, 4) is 0 Å². The summed E-state index contributed by atoms with van der Waals surface area (Å²) in [5.41, 5.74) is 0. The highest BCUT2D eigenvalue weighted by molar-refractivity contribution is 6.18. The van der Waals surface area contributed by atoms with E-state index in [9.17, 15) is 5.11 Å². The van der Waals surface area contributed by atoms with Gasteiger partial charge in [0, 0.05) is 25.5 Å². The molecule has 138 valence electrons. The Morgan fingerprint density at radius 3 is 1.65 bits per heavy atom. The van der Waals surface area contributed by atoms with Gasteiger partial charge in [0.25, 0.3) is 0 Å². The average Bonchev–Trinajstić information content (AvgIpc) is 2.39. The van der Waals surface area contributed by atoms with E-state index in [0.29, 0.717) is 6.54 Å². The molecule has 3 nitrogen and oxygen atoms in total. The molecule has 0 bridgehead atoms. The highest BCUT2D eigenvalue weighted by Gasteiger charge is 2.08. The molecule has 1 atom stereocenters. The highest BCUT2D eigenvalue weighted by Crippen LogP contribution is 1.96. The van der Waals surface area contributed by atoms with Crippen LogP contribution in [0.4, 0.5) is 0 Å². The van der Waals surface area contributed by atoms with E-state index in [1.807, 2.05) is 17.1 Å². The van der Waals surface area contributed by atoms with Gasteiger partial charge >= 0.3 is 0 Å². The number of aliphatic hydroxyl groups is 1. The van der Waals surface area contributed by atoms with Gasteiger partial charge < -0.3 is 22.0 Å². The Labute approximate surface area is 160 Å². The fourth-order valence-electron chi connectivity index (χ4n) is 1.71. The van der Waals surface area contributed by atoms with Crippen LogP contribution in [0.25, 0.3) is 0 Å². The predicted octanol–water partition coefficient (Wildman–Crippen LogP) is 0.121. The number of hydrogen-bond acceptors (Lipinski definition) is 2. The van der Waals surface area contributed by atoms with Crippen molar-refractivity contribution in [3.05, 3.63) is 50.6 Å². The lowest BCUT2D eigenvalue weighted by Gasteiger charge is -2.26. The van der Waals surface area contributed by atoms with Crippen LogP contribution in [0.15, 0.2) is 50.6 Å². The summed E-state index contributed by atoms with van der Waals surface area (Å²) in [7, 11) is 4.31. The van der Waals surface area contributed by atoms with E-state index < -0.39 is 6.10 Å². The molecular weight excluding hydrogens is 355 g/mol. The number of rotatable bonds is 11. The van der Waals surface area contributed by atoms with Crippen molar-refractivity contribution in [2.24, 2.45) is 0 Å². The highest BCUT2D eigenvalue weighted by atomic mass is 35.5. The van der Waals surface area contributed by atoms with Crippen molar-refractivity contribution < 1.29 is 22.0 Å². The zero-order valence-corrected chi connectivity index (χ0v) is 16.8. The van der Waals surface area contributed by atoms with Crippen molar-refractivity contribution in [1.82, 2.24) is 4.90 Å². The van der Waals surface area contributed by atoms with E-state index in [1.54, 1.807) is 12.2 Å². The van der Waals surface area contributed by atoms with E-state index in [1.165, 1.54) is 0 Å². The summed E-state index contributed by atoms with van der Waals surface area (Å²) in [6, 6.07) is 0. The third-order valence-corrected chi connectivity index (χ3v) is 3.02. The second-order valence-electron chi connectivity index (χ2n) is 5.48. The lowest BCUT2D eigenvalue weighted by Crippen LogP contribution is -3.00. The summed E-state index contributed by atoms with van der Waals surface area (Å²) in [5.74, 6) is 0.269. The van der Waals surface area contributed by atoms with Gasteiger partial charge in [-0.1, -0.05) is 25.3 Å². The number of aliphatic hydroxyl groups excluding tert-OH is 1. The van der Waals surface area contributed by atoms with Crippen molar-refractivity contribution in [2.75, 3.05) is 52.7 Å². The molecule has 0 aliphatic heterocycles. The van der Waals surface area contributed by atoms with Crippen LogP contribution in [0.3, 0.4) is 0 Å². The van der Waals surface area contributed by atoms with Crippen LogP contribution in [0.5, 0.6) is 0 Å². The Balaban J connectivity index is -0.000000149. The first-order chi connectivity index (χ1) is 9.86. The first-order valence-corrected chi connectivity index (χ1v) is 7.62. The SMILES string of the molecule is C=CCN(CC=C)CC(O)CCl.C=CC[N+](C)(C)CC=C.Cl.[Cl-]. The molecule has 0 heterocycles. The van der Waals surface area contributed by atoms with Crippen LogP contribution >= 0.6 is 24.0 Å². The molecule has 6 heteroatoms. The van der Waals surface area contributed by atoms with E-state index in [-0.39, 0.29) is 30.7 Å². The summed E-state index contributed by atoms with van der Waals surface area (Å²) in [5, 5.41) is 9.24. The van der Waals surface area contributed by atoms with E-state index in [0.717, 1.165) is 30.7 Å². The minimum atomic E-state index is -0.466. The van der Waals surface area contributed by atoms with Gasteiger partial charge in [-0.2, -0.15) is 0 Å². The van der Waals surface area contributed by atoms with E-state index >= 15 is 0 Å². The van der Waals surface area contributed by atoms with Crippen LogP contribution in [-0.2, 0) is 0 Å². The Morgan fingerprint density at radius 2 is 1.39 bits per heavy atom. The Hall–Kier alpha value is -0.290. The molecule has 1 unspecified atom stereocenters. The van der Waals surface area contributed by atoms with Gasteiger partial charge in [-0.25, -0.2) is 0 Å². The molecule has 0 aliphatic rings. The van der Waals surface area contributed by atoms with Gasteiger partial charge in [0.2, 0.25) is 0 Å². The number of quaternary nitrogens is 1. The molecular formula is C17H33Cl3N2O. The quantitative estimate of drug-likeness (QED) is 0.309. The Kier molecular flexibility index (Phi) is 26.3. The predicted molar refractivity (Wildman–Crippen MR) is 103 cm³/mol. The normalized spacial score (nSPS) is 11.0. The molecule has 0 saturated heterocycles. The van der Waals surface area contributed by atoms with Gasteiger partial charge in [-0.3, -0.25) is 4.90 Å². The maximum absolute atomic E-state index is 9.24. The summed E-state index contributed by atoms with van der Waals surface area (Å²) in [4.78, 5) is 2.02. The molecule has 0 amide bonds. The summed E-state index contributed by atoms with van der Waals surface area (Å²) in [6.07, 6.45) is 6.99. The minimum Gasteiger partial charge on any atom is -1.00 e. The topological polar surface area (TPSA) is 23.5 Å². The number of hydrogen-bond donors (Lipinski definition) is 1. The third kappa shape index (κ3) is 21.7. The number of halogens is 3. The zero-order chi connectivity index (χ0) is 16.7. The summed E-state index contributed by atoms with van der Waals surface area (Å²) >= 11 is 5.47. The molecule has 0 saturated carbocycles. The van der Waals surface area contributed by atoms with Gasteiger partial charge in [-0.05, 0) is 12.2 Å². The van der Waals surface area contributed by atoms with Crippen LogP contribution < -0.4 is 12.4 Å². The molecule has 0 fully saturated rings. The van der Waals surface area contributed by atoms with Crippen LogP contribution in [0.2, 0.25) is 0 Å². The average molecular weight is 388 g/mol. The minimum absolute atomic E-state index is 0. The molecule has 0 aromatic carbocycles. The van der Waals surface area contributed by atoms with Crippen molar-refractivity contribution in [2.45, 2.75) is 6.10 Å². The van der Waals surface area contributed by atoms with Gasteiger partial charge in [0.15, 0.2) is 0 Å². The molecule has 1 N–H and O–H groups in total. The molecule has 0 spiro atoms. The number of likely N-dealkylation sites (N-methyl/N-ethyl adjacent to an activating group) is 1. The molecule has 0 rings (SSSR count). The number of nitrogens with zero attached hydrogens (tertiary/aromatic N) is 2. The smallest absolute Gasteiger partial charge is 0.0969 e.